The number of ether oxygens (including phenoxy) is 1. The lowest BCUT2D eigenvalue weighted by atomic mass is 10.1. The van der Waals surface area contributed by atoms with Gasteiger partial charge in [0.25, 0.3) is 11.8 Å². The van der Waals surface area contributed by atoms with Crippen molar-refractivity contribution in [2.75, 3.05) is 19.7 Å². The Labute approximate surface area is 134 Å². The summed E-state index contributed by atoms with van der Waals surface area (Å²) in [5, 5.41) is 5.33. The summed E-state index contributed by atoms with van der Waals surface area (Å²) in [7, 11) is 0. The van der Waals surface area contributed by atoms with E-state index < -0.39 is 0 Å². The molecule has 0 bridgehead atoms. The minimum atomic E-state index is -0.308. The second kappa shape index (κ2) is 8.63. The molecule has 1 aromatic heterocycles. The Morgan fingerprint density at radius 3 is 2.61 bits per heavy atom. The van der Waals surface area contributed by atoms with Crippen molar-refractivity contribution in [1.29, 1.82) is 0 Å². The van der Waals surface area contributed by atoms with E-state index in [1.165, 1.54) is 6.26 Å². The highest BCUT2D eigenvalue weighted by Gasteiger charge is 2.08. The van der Waals surface area contributed by atoms with E-state index in [0.717, 1.165) is 17.7 Å². The molecule has 1 heterocycles. The van der Waals surface area contributed by atoms with Crippen molar-refractivity contribution in [1.82, 2.24) is 10.6 Å². The van der Waals surface area contributed by atoms with E-state index in [9.17, 15) is 9.59 Å². The third kappa shape index (κ3) is 5.18. The Kier molecular flexibility index (Phi) is 6.23. The molecule has 6 nitrogen and oxygen atoms in total. The van der Waals surface area contributed by atoms with Crippen LogP contribution in [0.1, 0.15) is 23.0 Å². The van der Waals surface area contributed by atoms with E-state index in [2.05, 4.69) is 10.6 Å². The molecule has 2 amide bonds. The summed E-state index contributed by atoms with van der Waals surface area (Å²) < 4.78 is 10.5. The van der Waals surface area contributed by atoms with Crippen LogP contribution in [-0.4, -0.2) is 31.5 Å². The van der Waals surface area contributed by atoms with Gasteiger partial charge in [0.15, 0.2) is 12.4 Å². The minimum Gasteiger partial charge on any atom is -0.483 e. The molecular formula is C17H20N2O4. The van der Waals surface area contributed by atoms with Crippen molar-refractivity contribution in [2.45, 2.75) is 13.3 Å². The molecular weight excluding hydrogens is 296 g/mol. The molecule has 0 spiro atoms. The average molecular weight is 316 g/mol. The molecule has 0 fully saturated rings. The average Bonchev–Trinajstić information content (AvgIpc) is 3.11. The van der Waals surface area contributed by atoms with E-state index in [1.807, 2.05) is 31.2 Å². The van der Waals surface area contributed by atoms with Gasteiger partial charge in [-0.2, -0.15) is 0 Å². The number of hydrogen-bond acceptors (Lipinski definition) is 4. The van der Waals surface area contributed by atoms with Gasteiger partial charge in [-0.05, 0) is 30.2 Å². The fourth-order valence-corrected chi connectivity index (χ4v) is 2.00. The van der Waals surface area contributed by atoms with Gasteiger partial charge in [-0.15, -0.1) is 0 Å². The minimum absolute atomic E-state index is 0.0524. The third-order valence-corrected chi connectivity index (χ3v) is 3.19. The number of carbonyl (C=O) groups excluding carboxylic acids is 2. The summed E-state index contributed by atoms with van der Waals surface area (Å²) in [6, 6.07) is 10.8. The predicted molar refractivity (Wildman–Crippen MR) is 85.4 cm³/mol. The van der Waals surface area contributed by atoms with E-state index in [4.69, 9.17) is 9.15 Å². The molecule has 0 radical (unpaired) electrons. The van der Waals surface area contributed by atoms with Crippen LogP contribution < -0.4 is 15.4 Å². The highest BCUT2D eigenvalue weighted by molar-refractivity contribution is 5.91. The molecule has 2 N–H and O–H groups in total. The third-order valence-electron chi connectivity index (χ3n) is 3.19. The van der Waals surface area contributed by atoms with Gasteiger partial charge in [0.1, 0.15) is 5.75 Å². The summed E-state index contributed by atoms with van der Waals surface area (Å²) >= 11 is 0. The van der Waals surface area contributed by atoms with E-state index in [0.29, 0.717) is 13.1 Å². The van der Waals surface area contributed by atoms with Crippen LogP contribution >= 0.6 is 0 Å². The Morgan fingerprint density at radius 1 is 1.09 bits per heavy atom. The van der Waals surface area contributed by atoms with Crippen molar-refractivity contribution in [3.05, 3.63) is 54.0 Å². The molecule has 6 heteroatoms. The zero-order valence-electron chi connectivity index (χ0n) is 13.0. The monoisotopic (exact) mass is 316 g/mol. The van der Waals surface area contributed by atoms with Gasteiger partial charge >= 0.3 is 0 Å². The van der Waals surface area contributed by atoms with E-state index >= 15 is 0 Å². The number of amides is 2. The molecule has 0 atom stereocenters. The molecule has 0 saturated carbocycles. The molecule has 1 aromatic carbocycles. The fourth-order valence-electron chi connectivity index (χ4n) is 2.00. The molecule has 23 heavy (non-hydrogen) atoms. The maximum absolute atomic E-state index is 11.7. The summed E-state index contributed by atoms with van der Waals surface area (Å²) in [5.41, 5.74) is 1.06. The standard InChI is InChI=1S/C17H20N2O4/c1-2-13-6-3-4-7-14(13)23-12-16(20)18-9-10-19-17(21)15-8-5-11-22-15/h3-8,11H,2,9-10,12H2,1H3,(H,18,20)(H,19,21). The van der Waals surface area contributed by atoms with Crippen molar-refractivity contribution in [3.63, 3.8) is 0 Å². The summed E-state index contributed by atoms with van der Waals surface area (Å²) in [4.78, 5) is 23.3. The van der Waals surface area contributed by atoms with Crippen LogP contribution in [0.25, 0.3) is 0 Å². The first-order valence-corrected chi connectivity index (χ1v) is 7.49. The van der Waals surface area contributed by atoms with Crippen LogP contribution in [-0.2, 0) is 11.2 Å². The van der Waals surface area contributed by atoms with Crippen LogP contribution in [0, 0.1) is 0 Å². The van der Waals surface area contributed by atoms with Gasteiger partial charge in [0.2, 0.25) is 0 Å². The van der Waals surface area contributed by atoms with Gasteiger partial charge in [-0.3, -0.25) is 9.59 Å². The zero-order valence-corrected chi connectivity index (χ0v) is 13.0. The molecule has 0 aliphatic carbocycles. The highest BCUT2D eigenvalue weighted by atomic mass is 16.5. The second-order valence-corrected chi connectivity index (χ2v) is 4.83. The molecule has 0 saturated heterocycles. The maximum Gasteiger partial charge on any atom is 0.287 e. The molecule has 2 rings (SSSR count). The number of furan rings is 1. The van der Waals surface area contributed by atoms with Crippen LogP contribution in [0.5, 0.6) is 5.75 Å². The number of hydrogen-bond donors (Lipinski definition) is 2. The summed E-state index contributed by atoms with van der Waals surface area (Å²) in [6.07, 6.45) is 2.28. The van der Waals surface area contributed by atoms with E-state index in [1.54, 1.807) is 12.1 Å². The lowest BCUT2D eigenvalue weighted by molar-refractivity contribution is -0.123. The number of nitrogens with one attached hydrogen (secondary N) is 2. The highest BCUT2D eigenvalue weighted by Crippen LogP contribution is 2.17. The molecule has 0 aliphatic heterocycles. The van der Waals surface area contributed by atoms with Crippen molar-refractivity contribution in [2.24, 2.45) is 0 Å². The van der Waals surface area contributed by atoms with E-state index in [-0.39, 0.29) is 24.2 Å². The Morgan fingerprint density at radius 2 is 1.87 bits per heavy atom. The number of para-hydroxylation sites is 1. The quantitative estimate of drug-likeness (QED) is 0.727. The molecule has 2 aromatic rings. The zero-order chi connectivity index (χ0) is 16.5. The Bertz CT molecular complexity index is 638. The Hall–Kier alpha value is -2.76. The number of carbonyl (C=O) groups is 2. The summed E-state index contributed by atoms with van der Waals surface area (Å²) in [6.45, 7) is 2.62. The molecule has 0 unspecified atom stereocenters. The van der Waals surface area contributed by atoms with Gasteiger partial charge in [-0.25, -0.2) is 0 Å². The SMILES string of the molecule is CCc1ccccc1OCC(=O)NCCNC(=O)c1ccco1. The molecule has 122 valence electrons. The van der Waals surface area contributed by atoms with Gasteiger partial charge < -0.3 is 19.8 Å². The predicted octanol–water partition coefficient (Wildman–Crippen LogP) is 1.77. The number of benzene rings is 1. The maximum atomic E-state index is 11.7. The van der Waals surface area contributed by atoms with Gasteiger partial charge in [-0.1, -0.05) is 25.1 Å². The van der Waals surface area contributed by atoms with Crippen molar-refractivity contribution < 1.29 is 18.7 Å². The normalized spacial score (nSPS) is 10.1. The van der Waals surface area contributed by atoms with Crippen molar-refractivity contribution in [3.8, 4) is 5.75 Å². The first-order valence-electron chi connectivity index (χ1n) is 7.49. The first-order chi connectivity index (χ1) is 11.2. The van der Waals surface area contributed by atoms with Crippen LogP contribution in [0.3, 0.4) is 0 Å². The lowest BCUT2D eigenvalue weighted by Crippen LogP contribution is -2.36. The van der Waals surface area contributed by atoms with Crippen LogP contribution in [0.15, 0.2) is 47.1 Å². The van der Waals surface area contributed by atoms with Crippen LogP contribution in [0.4, 0.5) is 0 Å². The number of rotatable bonds is 8. The lowest BCUT2D eigenvalue weighted by Gasteiger charge is -2.10. The topological polar surface area (TPSA) is 80.6 Å². The molecule has 0 aliphatic rings. The van der Waals surface area contributed by atoms with Crippen LogP contribution in [0.2, 0.25) is 0 Å². The first kappa shape index (κ1) is 16.6. The summed E-state index contributed by atoms with van der Waals surface area (Å²) in [5.74, 6) is 0.424. The van der Waals surface area contributed by atoms with Gasteiger partial charge in [0, 0.05) is 13.1 Å². The smallest absolute Gasteiger partial charge is 0.287 e. The van der Waals surface area contributed by atoms with Gasteiger partial charge in [0.05, 0.1) is 6.26 Å². The largest absolute Gasteiger partial charge is 0.483 e. The second-order valence-electron chi connectivity index (χ2n) is 4.83. The fraction of sp³-hybridized carbons (Fsp3) is 0.294. The number of aryl methyl sites for hydroxylation is 1. The van der Waals surface area contributed by atoms with Crippen molar-refractivity contribution >= 4 is 11.8 Å². The Balaban J connectivity index is 1.64.